The summed E-state index contributed by atoms with van der Waals surface area (Å²) in [5, 5.41) is 16.2. The summed E-state index contributed by atoms with van der Waals surface area (Å²) in [6.45, 7) is 13.9. The van der Waals surface area contributed by atoms with Crippen LogP contribution >= 0.6 is 0 Å². The minimum Gasteiger partial charge on any atom is -0.395 e. The summed E-state index contributed by atoms with van der Waals surface area (Å²) in [4.78, 5) is 44.2. The maximum atomic E-state index is 14.4. The Morgan fingerprint density at radius 3 is 2.51 bits per heavy atom. The highest BCUT2D eigenvalue weighted by atomic mass is 16.5. The molecule has 7 rings (SSSR count). The maximum absolute atomic E-state index is 14.4. The minimum atomic E-state index is -0.286. The van der Waals surface area contributed by atoms with E-state index in [4.69, 9.17) is 9.84 Å². The highest BCUT2D eigenvalue weighted by Crippen LogP contribution is 2.70. The molecule has 252 valence electrons. The molecule has 3 heterocycles. The number of aliphatic hydroxyl groups is 1. The van der Waals surface area contributed by atoms with Gasteiger partial charge in [0.25, 0.3) is 0 Å². The van der Waals surface area contributed by atoms with Gasteiger partial charge >= 0.3 is 0 Å². The van der Waals surface area contributed by atoms with E-state index in [1.165, 1.54) is 12.8 Å². The van der Waals surface area contributed by atoms with Crippen molar-refractivity contribution in [2.24, 2.45) is 52.3 Å². The van der Waals surface area contributed by atoms with Gasteiger partial charge in [-0.3, -0.25) is 24.6 Å². The Bertz CT molecular complexity index is 1160. The lowest BCUT2D eigenvalue weighted by molar-refractivity contribution is -0.160. The number of nitrogens with zero attached hydrogens (tertiary/aromatic N) is 2. The number of carbonyl (C=O) groups excluding carboxylic acids is 3. The Morgan fingerprint density at radius 1 is 1.02 bits per heavy atom. The summed E-state index contributed by atoms with van der Waals surface area (Å²) < 4.78 is 6.98. The second kappa shape index (κ2) is 11.9. The van der Waals surface area contributed by atoms with Crippen molar-refractivity contribution in [2.45, 2.75) is 110 Å². The fraction of sp³-hybridized carbons (Fsp3) is 0.917. The van der Waals surface area contributed by atoms with E-state index in [2.05, 4.69) is 43.2 Å². The van der Waals surface area contributed by atoms with Gasteiger partial charge in [0.15, 0.2) is 0 Å². The predicted octanol–water partition coefficient (Wildman–Crippen LogP) is 3.20. The number of aliphatic hydroxyl groups excluding tert-OH is 1. The van der Waals surface area contributed by atoms with E-state index in [0.717, 1.165) is 58.2 Å². The third-order valence-electron chi connectivity index (χ3n) is 14.8. The number of rotatable bonds is 5. The van der Waals surface area contributed by atoms with Crippen LogP contribution in [0.15, 0.2) is 0 Å². The van der Waals surface area contributed by atoms with Gasteiger partial charge < -0.3 is 20.1 Å². The van der Waals surface area contributed by atoms with Gasteiger partial charge in [-0.15, -0.1) is 0 Å². The number of piperazine rings is 1. The molecule has 2 amide bonds. The van der Waals surface area contributed by atoms with Crippen molar-refractivity contribution < 1.29 is 24.2 Å². The molecule has 3 saturated heterocycles. The van der Waals surface area contributed by atoms with Crippen LogP contribution in [0.2, 0.25) is 0 Å². The van der Waals surface area contributed by atoms with E-state index in [0.29, 0.717) is 73.3 Å². The number of fused-ring (bicyclic) bond motifs is 7. The lowest BCUT2D eigenvalue weighted by Gasteiger charge is -2.60. The van der Waals surface area contributed by atoms with Crippen molar-refractivity contribution >= 4 is 17.6 Å². The quantitative estimate of drug-likeness (QED) is 0.402. The first-order valence-electron chi connectivity index (χ1n) is 18.3. The number of nitrogens with one attached hydrogen (secondary N) is 2. The van der Waals surface area contributed by atoms with Crippen LogP contribution in [0.25, 0.3) is 0 Å². The molecule has 4 aliphatic carbocycles. The van der Waals surface area contributed by atoms with Gasteiger partial charge in [0, 0.05) is 69.0 Å². The van der Waals surface area contributed by atoms with Gasteiger partial charge in [-0.2, -0.15) is 0 Å². The second-order valence-electron chi connectivity index (χ2n) is 16.8. The zero-order chi connectivity index (χ0) is 31.7. The summed E-state index contributed by atoms with van der Waals surface area (Å²) in [6, 6.07) is 0.105. The highest BCUT2D eigenvalue weighted by Gasteiger charge is 2.71. The van der Waals surface area contributed by atoms with Gasteiger partial charge in [0.2, 0.25) is 11.8 Å². The Balaban J connectivity index is 0.967. The van der Waals surface area contributed by atoms with Crippen molar-refractivity contribution in [3.63, 3.8) is 0 Å². The molecule has 7 fully saturated rings. The molecule has 0 bridgehead atoms. The molecule has 9 heteroatoms. The molecule has 12 atom stereocenters. The normalized spacial score (nSPS) is 48.0. The van der Waals surface area contributed by atoms with Crippen molar-refractivity contribution in [1.29, 1.82) is 0 Å². The Morgan fingerprint density at radius 2 is 1.80 bits per heavy atom. The van der Waals surface area contributed by atoms with Crippen LogP contribution in [0.4, 0.5) is 0 Å². The molecule has 3 aliphatic heterocycles. The second-order valence-corrected chi connectivity index (χ2v) is 16.8. The number of amides is 2. The van der Waals surface area contributed by atoms with Gasteiger partial charge in [0.05, 0.1) is 12.7 Å². The van der Waals surface area contributed by atoms with E-state index in [9.17, 15) is 14.4 Å². The Hall–Kier alpha value is -1.55. The van der Waals surface area contributed by atoms with Crippen LogP contribution in [0.3, 0.4) is 0 Å². The fourth-order valence-corrected chi connectivity index (χ4v) is 12.2. The topological polar surface area (TPSA) is 111 Å². The molecular formula is C36H58N4O5. The standard InChI is InChI=1S/C36H58N4O5/c1-22-7-10-36(37-21-22)23(2)33-29(45-36)18-28-26-6-5-24-17-25(8-9-34(24,3)27(26)19-30(42)35(28,33)4)38-31(43)20-32(44)40-13-11-39(12-14-40)15-16-41/h22-29,33,37,41H,5-21H2,1-4H3,(H,38,43)/t22-,23+,24+,25-,26-,27+,28+,29+,33+,34+,35-,36-/m1/s1. The van der Waals surface area contributed by atoms with Crippen molar-refractivity contribution in [1.82, 2.24) is 20.4 Å². The van der Waals surface area contributed by atoms with Crippen LogP contribution in [-0.4, -0.2) is 96.3 Å². The third kappa shape index (κ3) is 5.21. The first-order valence-corrected chi connectivity index (χ1v) is 18.3. The molecule has 0 aromatic heterocycles. The van der Waals surface area contributed by atoms with Crippen LogP contribution in [0.5, 0.6) is 0 Å². The predicted molar refractivity (Wildman–Crippen MR) is 171 cm³/mol. The van der Waals surface area contributed by atoms with Crippen molar-refractivity contribution in [2.75, 3.05) is 45.9 Å². The molecule has 0 radical (unpaired) electrons. The number of ether oxygens (including phenoxy) is 1. The number of Topliss-reactive ketones (excluding diaryl/α,β-unsaturated/α-hetero) is 1. The average molecular weight is 627 g/mol. The lowest BCUT2D eigenvalue weighted by Crippen LogP contribution is -2.60. The van der Waals surface area contributed by atoms with Crippen molar-refractivity contribution in [3.05, 3.63) is 0 Å². The molecule has 0 aromatic rings. The molecule has 3 N–H and O–H groups in total. The molecule has 4 saturated carbocycles. The number of ketones is 1. The SMILES string of the molecule is C[C@@H]1CC[C@@]2(NC1)O[C@H]1C[C@H]3[C@@H]4CC[C@H]5C[C@H](NC(=O)CC(=O)N6CCN(CCO)CC6)CC[C@]5(C)[C@H]4CC(=O)[C@]3(C)[C@H]1[C@@H]2C. The molecule has 0 aromatic carbocycles. The summed E-state index contributed by atoms with van der Waals surface area (Å²) in [7, 11) is 0. The zero-order valence-corrected chi connectivity index (χ0v) is 28.2. The minimum absolute atomic E-state index is 0.0867. The van der Waals surface area contributed by atoms with E-state index in [1.54, 1.807) is 4.90 Å². The van der Waals surface area contributed by atoms with Crippen LogP contribution < -0.4 is 10.6 Å². The van der Waals surface area contributed by atoms with Gasteiger partial charge in [-0.05, 0) is 86.4 Å². The Kier molecular flexibility index (Phi) is 8.43. The van der Waals surface area contributed by atoms with Gasteiger partial charge in [-0.25, -0.2) is 0 Å². The number of carbonyl (C=O) groups is 3. The smallest absolute Gasteiger partial charge is 0.232 e. The summed E-state index contributed by atoms with van der Waals surface area (Å²) >= 11 is 0. The summed E-state index contributed by atoms with van der Waals surface area (Å²) in [6.07, 6.45) is 9.32. The molecule has 1 spiro atoms. The summed E-state index contributed by atoms with van der Waals surface area (Å²) in [5.41, 5.74) is -0.414. The molecule has 9 nitrogen and oxygen atoms in total. The first-order chi connectivity index (χ1) is 21.5. The molecule has 7 aliphatic rings. The fourth-order valence-electron chi connectivity index (χ4n) is 12.2. The lowest BCUT2D eigenvalue weighted by atomic mass is 9.44. The van der Waals surface area contributed by atoms with E-state index in [-0.39, 0.29) is 53.5 Å². The molecule has 0 unspecified atom stereocenters. The monoisotopic (exact) mass is 626 g/mol. The van der Waals surface area contributed by atoms with Crippen molar-refractivity contribution in [3.8, 4) is 0 Å². The number of piperidine rings is 1. The number of hydrogen-bond donors (Lipinski definition) is 3. The Labute approximate surface area is 269 Å². The zero-order valence-electron chi connectivity index (χ0n) is 28.2. The number of hydrogen-bond acceptors (Lipinski definition) is 7. The highest BCUT2D eigenvalue weighted by molar-refractivity contribution is 5.97. The van der Waals surface area contributed by atoms with E-state index < -0.39 is 0 Å². The van der Waals surface area contributed by atoms with Gasteiger partial charge in [-0.1, -0.05) is 27.7 Å². The summed E-state index contributed by atoms with van der Waals surface area (Å²) in [5.74, 6) is 3.47. The molecule has 45 heavy (non-hydrogen) atoms. The van der Waals surface area contributed by atoms with Crippen LogP contribution in [-0.2, 0) is 19.1 Å². The maximum Gasteiger partial charge on any atom is 0.232 e. The van der Waals surface area contributed by atoms with E-state index >= 15 is 0 Å². The molecular weight excluding hydrogens is 568 g/mol. The van der Waals surface area contributed by atoms with E-state index in [1.807, 2.05) is 0 Å². The van der Waals surface area contributed by atoms with Crippen LogP contribution in [0, 0.1) is 52.3 Å². The first kappa shape index (κ1) is 32.0. The number of β-amino-alcohol motifs (C(OH)–C–C–N with tert-alkyl or cyclic N) is 1. The largest absolute Gasteiger partial charge is 0.395 e. The third-order valence-corrected chi connectivity index (χ3v) is 14.8. The van der Waals surface area contributed by atoms with Crippen LogP contribution in [0.1, 0.15) is 91.9 Å². The average Bonchev–Trinajstić information content (AvgIpc) is 3.46. The van der Waals surface area contributed by atoms with Gasteiger partial charge in [0.1, 0.15) is 17.9 Å².